The summed E-state index contributed by atoms with van der Waals surface area (Å²) in [4.78, 5) is 11.6. The molecule has 0 radical (unpaired) electrons. The number of aryl methyl sites for hydroxylation is 1. The third-order valence-corrected chi connectivity index (χ3v) is 3.13. The third kappa shape index (κ3) is 6.99. The van der Waals surface area contributed by atoms with Gasteiger partial charge in [0.25, 0.3) is 0 Å². The van der Waals surface area contributed by atoms with Gasteiger partial charge in [0.05, 0.1) is 12.3 Å². The molecule has 1 rings (SSSR count). The van der Waals surface area contributed by atoms with E-state index in [1.54, 1.807) is 0 Å². The summed E-state index contributed by atoms with van der Waals surface area (Å²) in [6.07, 6.45) is 3.74. The van der Waals surface area contributed by atoms with Gasteiger partial charge in [0.15, 0.2) is 0 Å². The first-order valence-electron chi connectivity index (χ1n) is 7.56. The molecular weight excluding hydrogens is 268 g/mol. The molecule has 0 aliphatic heterocycles. The monoisotopic (exact) mass is 294 g/mol. The Hall–Kier alpha value is -1.75. The van der Waals surface area contributed by atoms with E-state index < -0.39 is 0 Å². The van der Waals surface area contributed by atoms with Crippen LogP contribution < -0.4 is 15.8 Å². The van der Waals surface area contributed by atoms with Crippen molar-refractivity contribution in [3.05, 3.63) is 23.8 Å². The van der Waals surface area contributed by atoms with E-state index in [1.165, 1.54) is 0 Å². The van der Waals surface area contributed by atoms with E-state index in [9.17, 15) is 4.79 Å². The fourth-order valence-electron chi connectivity index (χ4n) is 1.86. The summed E-state index contributed by atoms with van der Waals surface area (Å²) >= 11 is 0. The maximum Gasteiger partial charge on any atom is 0.220 e. The number of unbranched alkanes of at least 4 members (excludes halogenated alkanes) is 1. The lowest BCUT2D eigenvalue weighted by Gasteiger charge is -2.10. The van der Waals surface area contributed by atoms with Crippen LogP contribution in [0.4, 0.5) is 5.69 Å². The van der Waals surface area contributed by atoms with Crippen molar-refractivity contribution in [2.75, 3.05) is 25.5 Å². The number of nitrogens with two attached hydrogens (primary N) is 1. The smallest absolute Gasteiger partial charge is 0.220 e. The zero-order valence-electron chi connectivity index (χ0n) is 12.7. The molecule has 118 valence electrons. The molecule has 0 heterocycles. The highest BCUT2D eigenvalue weighted by Gasteiger charge is 2.05. The summed E-state index contributed by atoms with van der Waals surface area (Å²) in [5, 5.41) is 11.4. The van der Waals surface area contributed by atoms with E-state index in [0.717, 1.165) is 18.4 Å². The van der Waals surface area contributed by atoms with Crippen LogP contribution in [0, 0.1) is 0 Å². The molecule has 0 spiro atoms. The molecular formula is C16H26N2O3. The van der Waals surface area contributed by atoms with Crippen molar-refractivity contribution in [3.63, 3.8) is 0 Å². The first-order chi connectivity index (χ1) is 10.2. The van der Waals surface area contributed by atoms with Gasteiger partial charge >= 0.3 is 0 Å². The summed E-state index contributed by atoms with van der Waals surface area (Å²) in [6.45, 7) is 3.40. The average molecular weight is 294 g/mol. The fraction of sp³-hybridized carbons (Fsp3) is 0.562. The van der Waals surface area contributed by atoms with E-state index in [4.69, 9.17) is 15.6 Å². The topological polar surface area (TPSA) is 84.6 Å². The van der Waals surface area contributed by atoms with Crippen molar-refractivity contribution in [2.24, 2.45) is 0 Å². The van der Waals surface area contributed by atoms with E-state index in [-0.39, 0.29) is 12.5 Å². The number of nitrogens with one attached hydrogen (secondary N) is 1. The Morgan fingerprint density at radius 1 is 1.38 bits per heavy atom. The Balaban J connectivity index is 2.39. The van der Waals surface area contributed by atoms with Gasteiger partial charge in [-0.15, -0.1) is 0 Å². The molecule has 1 amide bonds. The van der Waals surface area contributed by atoms with E-state index in [0.29, 0.717) is 43.9 Å². The Bertz CT molecular complexity index is 436. The lowest BCUT2D eigenvalue weighted by atomic mass is 10.1. The number of hydrogen-bond donors (Lipinski definition) is 3. The van der Waals surface area contributed by atoms with Gasteiger partial charge in [-0.25, -0.2) is 0 Å². The van der Waals surface area contributed by atoms with E-state index >= 15 is 0 Å². The highest BCUT2D eigenvalue weighted by atomic mass is 16.5. The molecule has 0 saturated heterocycles. The van der Waals surface area contributed by atoms with Crippen molar-refractivity contribution < 1.29 is 14.6 Å². The Labute approximate surface area is 126 Å². The molecule has 0 aliphatic rings. The van der Waals surface area contributed by atoms with Gasteiger partial charge in [-0.05, 0) is 37.0 Å². The van der Waals surface area contributed by atoms with E-state index in [1.807, 2.05) is 18.2 Å². The lowest BCUT2D eigenvalue weighted by molar-refractivity contribution is -0.121. The predicted octanol–water partition coefficient (Wildman–Crippen LogP) is 1.88. The van der Waals surface area contributed by atoms with Gasteiger partial charge in [-0.2, -0.15) is 0 Å². The van der Waals surface area contributed by atoms with Gasteiger partial charge in [0, 0.05) is 19.6 Å². The van der Waals surface area contributed by atoms with Crippen LogP contribution in [0.3, 0.4) is 0 Å². The molecule has 1 aromatic carbocycles. The normalized spacial score (nSPS) is 10.4. The molecule has 5 heteroatoms. The molecule has 4 N–H and O–H groups in total. The number of nitrogen functional groups attached to an aromatic ring is 1. The van der Waals surface area contributed by atoms with Crippen LogP contribution in [-0.4, -0.2) is 30.8 Å². The van der Waals surface area contributed by atoms with E-state index in [2.05, 4.69) is 12.2 Å². The molecule has 1 aromatic rings. The van der Waals surface area contributed by atoms with Crippen LogP contribution in [-0.2, 0) is 11.2 Å². The molecule has 0 atom stereocenters. The molecule has 0 aromatic heterocycles. The SMILES string of the molecule is CCCCOc1ccc(CCC(=O)NCCCO)cc1N. The van der Waals surface area contributed by atoms with Crippen molar-refractivity contribution in [2.45, 2.75) is 39.0 Å². The number of benzene rings is 1. The van der Waals surface area contributed by atoms with Crippen molar-refractivity contribution >= 4 is 11.6 Å². The van der Waals surface area contributed by atoms with Gasteiger partial charge in [-0.1, -0.05) is 19.4 Å². The highest BCUT2D eigenvalue weighted by molar-refractivity contribution is 5.76. The maximum atomic E-state index is 11.6. The maximum absolute atomic E-state index is 11.6. The molecule has 0 unspecified atom stereocenters. The molecule has 0 saturated carbocycles. The van der Waals surface area contributed by atoms with Crippen LogP contribution in [0.2, 0.25) is 0 Å². The van der Waals surface area contributed by atoms with Crippen LogP contribution in [0.1, 0.15) is 38.2 Å². The largest absolute Gasteiger partial charge is 0.491 e. The number of aliphatic hydroxyl groups is 1. The zero-order chi connectivity index (χ0) is 15.5. The van der Waals surface area contributed by atoms with Crippen LogP contribution in [0.25, 0.3) is 0 Å². The predicted molar refractivity (Wildman–Crippen MR) is 84.3 cm³/mol. The summed E-state index contributed by atoms with van der Waals surface area (Å²) in [7, 11) is 0. The number of amides is 1. The van der Waals surface area contributed by atoms with Gasteiger partial charge in [0.1, 0.15) is 5.75 Å². The second kappa shape index (κ2) is 10.0. The Morgan fingerprint density at radius 3 is 2.86 bits per heavy atom. The van der Waals surface area contributed by atoms with Crippen LogP contribution in [0.15, 0.2) is 18.2 Å². The standard InChI is InChI=1S/C16H26N2O3/c1-2-3-11-21-15-7-5-13(12-14(15)17)6-8-16(20)18-9-4-10-19/h5,7,12,19H,2-4,6,8-11,17H2,1H3,(H,18,20). The van der Waals surface area contributed by atoms with Crippen LogP contribution in [0.5, 0.6) is 5.75 Å². The number of anilines is 1. The first-order valence-corrected chi connectivity index (χ1v) is 7.56. The second-order valence-corrected chi connectivity index (χ2v) is 5.00. The molecule has 21 heavy (non-hydrogen) atoms. The fourth-order valence-corrected chi connectivity index (χ4v) is 1.86. The van der Waals surface area contributed by atoms with Gasteiger partial charge in [-0.3, -0.25) is 4.79 Å². The number of ether oxygens (including phenoxy) is 1. The minimum Gasteiger partial charge on any atom is -0.491 e. The van der Waals surface area contributed by atoms with Gasteiger partial charge in [0.2, 0.25) is 5.91 Å². The number of rotatable bonds is 10. The minimum absolute atomic E-state index is 0.00899. The Kier molecular flexibility index (Phi) is 8.28. The second-order valence-electron chi connectivity index (χ2n) is 5.00. The highest BCUT2D eigenvalue weighted by Crippen LogP contribution is 2.23. The number of aliphatic hydroxyl groups excluding tert-OH is 1. The quantitative estimate of drug-likeness (QED) is 0.454. The summed E-state index contributed by atoms with van der Waals surface area (Å²) < 4.78 is 5.60. The molecule has 0 bridgehead atoms. The zero-order valence-corrected chi connectivity index (χ0v) is 12.7. The summed E-state index contributed by atoms with van der Waals surface area (Å²) in [5.74, 6) is 0.699. The lowest BCUT2D eigenvalue weighted by Crippen LogP contribution is -2.25. The summed E-state index contributed by atoms with van der Waals surface area (Å²) in [6, 6.07) is 5.67. The van der Waals surface area contributed by atoms with Crippen molar-refractivity contribution in [3.8, 4) is 5.75 Å². The third-order valence-electron chi connectivity index (χ3n) is 3.13. The van der Waals surface area contributed by atoms with Crippen molar-refractivity contribution in [1.29, 1.82) is 0 Å². The van der Waals surface area contributed by atoms with Crippen LogP contribution >= 0.6 is 0 Å². The molecule has 0 fully saturated rings. The van der Waals surface area contributed by atoms with Gasteiger partial charge < -0.3 is 20.9 Å². The molecule has 0 aliphatic carbocycles. The number of carbonyl (C=O) groups excluding carboxylic acids is 1. The van der Waals surface area contributed by atoms with Crippen molar-refractivity contribution in [1.82, 2.24) is 5.32 Å². The number of hydrogen-bond acceptors (Lipinski definition) is 4. The number of carbonyl (C=O) groups is 1. The first kappa shape index (κ1) is 17.3. The average Bonchev–Trinajstić information content (AvgIpc) is 2.47. The summed E-state index contributed by atoms with van der Waals surface area (Å²) in [5.41, 5.74) is 7.59. The Morgan fingerprint density at radius 2 is 2.19 bits per heavy atom. The molecule has 5 nitrogen and oxygen atoms in total. The minimum atomic E-state index is -0.00899.